The standard InChI is InChI=1S/C16H19N7O/c1-12(2)23-15(19-20-21-23)13-4-3-5-14(10-13)16(24)18-7-9-22-8-6-17-11-22/h3-6,8,10-12H,7,9H2,1-2H3,(H,18,24). The maximum absolute atomic E-state index is 12.3. The summed E-state index contributed by atoms with van der Waals surface area (Å²) in [5, 5.41) is 14.7. The van der Waals surface area contributed by atoms with E-state index in [2.05, 4.69) is 25.8 Å². The average Bonchev–Trinajstić information content (AvgIpc) is 3.26. The molecular formula is C16H19N7O. The van der Waals surface area contributed by atoms with E-state index in [9.17, 15) is 4.79 Å². The fraction of sp³-hybridized carbons (Fsp3) is 0.312. The molecule has 8 nitrogen and oxygen atoms in total. The highest BCUT2D eigenvalue weighted by molar-refractivity contribution is 5.95. The summed E-state index contributed by atoms with van der Waals surface area (Å²) in [7, 11) is 0. The maximum Gasteiger partial charge on any atom is 0.251 e. The van der Waals surface area contributed by atoms with Crippen molar-refractivity contribution in [2.75, 3.05) is 6.54 Å². The van der Waals surface area contributed by atoms with Crippen LogP contribution in [0.25, 0.3) is 11.4 Å². The number of nitrogens with zero attached hydrogens (tertiary/aromatic N) is 6. The van der Waals surface area contributed by atoms with Crippen LogP contribution in [0.2, 0.25) is 0 Å². The zero-order chi connectivity index (χ0) is 16.9. The predicted octanol–water partition coefficient (Wildman–Crippen LogP) is 1.55. The van der Waals surface area contributed by atoms with Gasteiger partial charge < -0.3 is 9.88 Å². The van der Waals surface area contributed by atoms with Crippen LogP contribution in [0.4, 0.5) is 0 Å². The van der Waals surface area contributed by atoms with Crippen molar-refractivity contribution in [2.45, 2.75) is 26.4 Å². The van der Waals surface area contributed by atoms with Crippen LogP contribution in [-0.2, 0) is 6.54 Å². The molecule has 0 saturated carbocycles. The van der Waals surface area contributed by atoms with Crippen molar-refractivity contribution < 1.29 is 4.79 Å². The molecule has 0 bridgehead atoms. The van der Waals surface area contributed by atoms with Crippen molar-refractivity contribution in [3.8, 4) is 11.4 Å². The minimum atomic E-state index is -0.125. The number of amides is 1. The zero-order valence-electron chi connectivity index (χ0n) is 13.6. The highest BCUT2D eigenvalue weighted by Gasteiger charge is 2.13. The third kappa shape index (κ3) is 3.48. The molecule has 1 N–H and O–H groups in total. The fourth-order valence-corrected chi connectivity index (χ4v) is 2.35. The van der Waals surface area contributed by atoms with Gasteiger partial charge in [0.15, 0.2) is 5.82 Å². The second-order valence-electron chi connectivity index (χ2n) is 5.68. The topological polar surface area (TPSA) is 90.5 Å². The SMILES string of the molecule is CC(C)n1nnnc1-c1cccc(C(=O)NCCn2ccnc2)c1. The maximum atomic E-state index is 12.3. The van der Waals surface area contributed by atoms with E-state index in [1.165, 1.54) is 0 Å². The molecule has 1 aromatic carbocycles. The first kappa shape index (κ1) is 15.9. The van der Waals surface area contributed by atoms with E-state index in [-0.39, 0.29) is 11.9 Å². The van der Waals surface area contributed by atoms with Crippen LogP contribution in [-0.4, -0.2) is 42.2 Å². The van der Waals surface area contributed by atoms with Gasteiger partial charge in [-0.25, -0.2) is 9.67 Å². The van der Waals surface area contributed by atoms with E-state index >= 15 is 0 Å². The van der Waals surface area contributed by atoms with Gasteiger partial charge in [0.2, 0.25) is 0 Å². The molecule has 3 aromatic rings. The van der Waals surface area contributed by atoms with Crippen LogP contribution in [0.1, 0.15) is 30.2 Å². The molecule has 124 valence electrons. The summed E-state index contributed by atoms with van der Waals surface area (Å²) in [5.41, 5.74) is 1.40. The molecular weight excluding hydrogens is 306 g/mol. The van der Waals surface area contributed by atoms with E-state index in [1.54, 1.807) is 29.3 Å². The number of carbonyl (C=O) groups excluding carboxylic acids is 1. The van der Waals surface area contributed by atoms with Gasteiger partial charge in [-0.15, -0.1) is 5.10 Å². The third-order valence-electron chi connectivity index (χ3n) is 3.58. The summed E-state index contributed by atoms with van der Waals surface area (Å²) >= 11 is 0. The molecule has 0 aliphatic rings. The van der Waals surface area contributed by atoms with Gasteiger partial charge in [-0.1, -0.05) is 12.1 Å². The van der Waals surface area contributed by atoms with Crippen LogP contribution in [0.15, 0.2) is 43.0 Å². The Labute approximate surface area is 139 Å². The minimum absolute atomic E-state index is 0.125. The molecule has 1 amide bonds. The van der Waals surface area contributed by atoms with Gasteiger partial charge in [0.1, 0.15) is 0 Å². The Kier molecular flexibility index (Phi) is 4.64. The monoisotopic (exact) mass is 325 g/mol. The second kappa shape index (κ2) is 7.03. The van der Waals surface area contributed by atoms with Crippen molar-refractivity contribution in [3.05, 3.63) is 48.5 Å². The van der Waals surface area contributed by atoms with E-state index in [0.717, 1.165) is 5.56 Å². The number of tetrazole rings is 1. The first-order valence-corrected chi connectivity index (χ1v) is 7.77. The Balaban J connectivity index is 1.70. The van der Waals surface area contributed by atoms with Crippen molar-refractivity contribution in [1.82, 2.24) is 35.1 Å². The Bertz CT molecular complexity index is 807. The molecule has 2 aromatic heterocycles. The number of rotatable bonds is 6. The number of nitrogens with one attached hydrogen (secondary N) is 1. The van der Waals surface area contributed by atoms with Crippen LogP contribution in [0, 0.1) is 0 Å². The van der Waals surface area contributed by atoms with Gasteiger partial charge in [0.25, 0.3) is 5.91 Å². The second-order valence-corrected chi connectivity index (χ2v) is 5.68. The highest BCUT2D eigenvalue weighted by atomic mass is 16.1. The van der Waals surface area contributed by atoms with Crippen LogP contribution in [0.5, 0.6) is 0 Å². The number of carbonyl (C=O) groups is 1. The van der Waals surface area contributed by atoms with Crippen LogP contribution < -0.4 is 5.32 Å². The van der Waals surface area contributed by atoms with Crippen molar-refractivity contribution in [2.24, 2.45) is 0 Å². The number of benzene rings is 1. The number of hydrogen-bond acceptors (Lipinski definition) is 5. The number of imidazole rings is 1. The lowest BCUT2D eigenvalue weighted by atomic mass is 10.1. The smallest absolute Gasteiger partial charge is 0.251 e. The molecule has 0 radical (unpaired) electrons. The average molecular weight is 325 g/mol. The Hall–Kier alpha value is -3.03. The normalized spacial score (nSPS) is 11.0. The molecule has 8 heteroatoms. The van der Waals surface area contributed by atoms with Crippen LogP contribution >= 0.6 is 0 Å². The fourth-order valence-electron chi connectivity index (χ4n) is 2.35. The summed E-state index contributed by atoms with van der Waals surface area (Å²) in [4.78, 5) is 16.3. The molecule has 0 aliphatic heterocycles. The quantitative estimate of drug-likeness (QED) is 0.742. The molecule has 24 heavy (non-hydrogen) atoms. The van der Waals surface area contributed by atoms with Gasteiger partial charge in [-0.05, 0) is 36.4 Å². The molecule has 2 heterocycles. The number of hydrogen-bond donors (Lipinski definition) is 1. The molecule has 0 atom stereocenters. The first-order valence-electron chi connectivity index (χ1n) is 7.77. The zero-order valence-corrected chi connectivity index (χ0v) is 13.6. The van der Waals surface area contributed by atoms with Crippen molar-refractivity contribution in [1.29, 1.82) is 0 Å². The van der Waals surface area contributed by atoms with Crippen molar-refractivity contribution >= 4 is 5.91 Å². The molecule has 0 aliphatic carbocycles. The van der Waals surface area contributed by atoms with Gasteiger partial charge >= 0.3 is 0 Å². The van der Waals surface area contributed by atoms with E-state index in [1.807, 2.05) is 36.7 Å². The van der Waals surface area contributed by atoms with Gasteiger partial charge in [0.05, 0.1) is 12.4 Å². The van der Waals surface area contributed by atoms with Gasteiger partial charge in [-0.3, -0.25) is 4.79 Å². The van der Waals surface area contributed by atoms with E-state index in [0.29, 0.717) is 24.5 Å². The van der Waals surface area contributed by atoms with Crippen molar-refractivity contribution in [3.63, 3.8) is 0 Å². The van der Waals surface area contributed by atoms with Gasteiger partial charge in [0, 0.05) is 36.6 Å². The first-order chi connectivity index (χ1) is 11.6. The largest absolute Gasteiger partial charge is 0.350 e. The summed E-state index contributed by atoms with van der Waals surface area (Å²) in [5.74, 6) is 0.526. The third-order valence-corrected chi connectivity index (χ3v) is 3.58. The summed E-state index contributed by atoms with van der Waals surface area (Å²) < 4.78 is 3.64. The lowest BCUT2D eigenvalue weighted by molar-refractivity contribution is 0.0952. The Morgan fingerprint density at radius 1 is 1.33 bits per heavy atom. The molecule has 0 spiro atoms. The summed E-state index contributed by atoms with van der Waals surface area (Å²) in [6.45, 7) is 5.22. The highest BCUT2D eigenvalue weighted by Crippen LogP contribution is 2.20. The lowest BCUT2D eigenvalue weighted by Crippen LogP contribution is -2.27. The Morgan fingerprint density at radius 3 is 2.96 bits per heavy atom. The van der Waals surface area contributed by atoms with Gasteiger partial charge in [-0.2, -0.15) is 0 Å². The minimum Gasteiger partial charge on any atom is -0.350 e. The predicted molar refractivity (Wildman–Crippen MR) is 88.2 cm³/mol. The Morgan fingerprint density at radius 2 is 2.21 bits per heavy atom. The molecule has 0 unspecified atom stereocenters. The lowest BCUT2D eigenvalue weighted by Gasteiger charge is -2.09. The molecule has 0 fully saturated rings. The molecule has 0 saturated heterocycles. The summed E-state index contributed by atoms with van der Waals surface area (Å²) in [6, 6.07) is 7.45. The number of aromatic nitrogens is 6. The van der Waals surface area contributed by atoms with E-state index < -0.39 is 0 Å². The van der Waals surface area contributed by atoms with Crippen LogP contribution in [0.3, 0.4) is 0 Å². The molecule has 3 rings (SSSR count). The van der Waals surface area contributed by atoms with E-state index in [4.69, 9.17) is 0 Å². The summed E-state index contributed by atoms with van der Waals surface area (Å²) in [6.07, 6.45) is 5.29.